The van der Waals surface area contributed by atoms with E-state index in [1.54, 1.807) is 24.3 Å². The fourth-order valence-corrected chi connectivity index (χ4v) is 4.37. The van der Waals surface area contributed by atoms with Crippen molar-refractivity contribution in [2.24, 2.45) is 17.4 Å². The molecule has 0 aliphatic rings. The second-order valence-electron chi connectivity index (χ2n) is 9.76. The van der Waals surface area contributed by atoms with E-state index in [4.69, 9.17) is 11.5 Å². The molecular weight excluding hydrogens is 494 g/mol. The molecule has 0 unspecified atom stereocenters. The van der Waals surface area contributed by atoms with Gasteiger partial charge in [-0.2, -0.15) is 0 Å². The highest BCUT2D eigenvalue weighted by atomic mass is 16.3. The third-order valence-corrected chi connectivity index (χ3v) is 6.50. The number of nitrogens with one attached hydrogen (secondary N) is 1. The summed E-state index contributed by atoms with van der Waals surface area (Å²) in [6, 6.07) is 23.8. The molecule has 5 atom stereocenters. The van der Waals surface area contributed by atoms with Gasteiger partial charge in [-0.1, -0.05) is 84.9 Å². The van der Waals surface area contributed by atoms with Crippen LogP contribution in [0.5, 0.6) is 5.75 Å². The van der Waals surface area contributed by atoms with Gasteiger partial charge in [0.25, 0.3) is 0 Å². The van der Waals surface area contributed by atoms with Gasteiger partial charge in [-0.05, 0) is 48.1 Å². The molecule has 206 valence electrons. The summed E-state index contributed by atoms with van der Waals surface area (Å²) in [5.74, 6) is -1.96. The molecule has 0 heterocycles. The van der Waals surface area contributed by atoms with Crippen molar-refractivity contribution in [3.63, 3.8) is 0 Å². The van der Waals surface area contributed by atoms with Crippen LogP contribution < -0.4 is 16.8 Å². The first-order chi connectivity index (χ1) is 18.7. The van der Waals surface area contributed by atoms with Crippen molar-refractivity contribution in [3.8, 4) is 5.75 Å². The van der Waals surface area contributed by atoms with Crippen molar-refractivity contribution in [1.82, 2.24) is 5.32 Å². The number of carbonyl (C=O) groups excluding carboxylic acids is 2. The number of benzene rings is 3. The Labute approximate surface area is 229 Å². The smallest absolute Gasteiger partial charge is 0.240 e. The maximum atomic E-state index is 13.3. The van der Waals surface area contributed by atoms with Gasteiger partial charge >= 0.3 is 0 Å². The second-order valence-corrected chi connectivity index (χ2v) is 9.76. The molecule has 3 aromatic carbocycles. The van der Waals surface area contributed by atoms with E-state index in [2.05, 4.69) is 5.32 Å². The van der Waals surface area contributed by atoms with Crippen LogP contribution in [0.2, 0.25) is 0 Å². The Balaban J connectivity index is 1.67. The monoisotopic (exact) mass is 531 g/mol. The number of rotatable bonds is 14. The van der Waals surface area contributed by atoms with Crippen LogP contribution in [-0.2, 0) is 28.9 Å². The molecule has 0 aliphatic carbocycles. The maximum absolute atomic E-state index is 13.3. The number of amides is 2. The van der Waals surface area contributed by atoms with Gasteiger partial charge in [0.2, 0.25) is 11.8 Å². The molecule has 0 fully saturated rings. The van der Waals surface area contributed by atoms with Gasteiger partial charge in [0.1, 0.15) is 11.8 Å². The number of aromatic hydroxyl groups is 1. The topological polar surface area (TPSA) is 159 Å². The Morgan fingerprint density at radius 2 is 1.31 bits per heavy atom. The Kier molecular flexibility index (Phi) is 11.2. The highest BCUT2D eigenvalue weighted by molar-refractivity contribution is 5.88. The summed E-state index contributed by atoms with van der Waals surface area (Å²) in [5, 5.41) is 33.6. The first kappa shape index (κ1) is 29.6. The van der Waals surface area contributed by atoms with Crippen LogP contribution in [0.3, 0.4) is 0 Å². The standard InChI is InChI=1S/C31H37N3O5/c32-24(17-23-11-13-25(35)14-12-23)20-26(36)15-16-29(37)27(18-21-7-3-1-4-8-21)31(39)34-28(30(33)38)19-22-9-5-2-6-10-22/h1-16,24,26-29,35-37H,17-20,32H2,(H2,33,38)(H,34,39)/t24-,26-,27-,28-,29+/m0/s1. The normalized spacial score (nSPS) is 15.3. The summed E-state index contributed by atoms with van der Waals surface area (Å²) >= 11 is 0. The number of hydrogen-bond acceptors (Lipinski definition) is 6. The second kappa shape index (κ2) is 14.8. The van der Waals surface area contributed by atoms with Crippen molar-refractivity contribution >= 4 is 11.8 Å². The number of aliphatic hydroxyl groups is 2. The quantitative estimate of drug-likeness (QED) is 0.175. The van der Waals surface area contributed by atoms with Gasteiger partial charge in [0.15, 0.2) is 0 Å². The molecule has 0 saturated carbocycles. The van der Waals surface area contributed by atoms with Crippen LogP contribution in [0.4, 0.5) is 0 Å². The van der Waals surface area contributed by atoms with Gasteiger partial charge in [-0.3, -0.25) is 9.59 Å². The number of phenols is 1. The lowest BCUT2D eigenvalue weighted by Gasteiger charge is -2.24. The molecular formula is C31H37N3O5. The Morgan fingerprint density at radius 3 is 1.87 bits per heavy atom. The van der Waals surface area contributed by atoms with Crippen LogP contribution in [0.15, 0.2) is 97.1 Å². The average Bonchev–Trinajstić information content (AvgIpc) is 2.92. The van der Waals surface area contributed by atoms with E-state index >= 15 is 0 Å². The van der Waals surface area contributed by atoms with Crippen LogP contribution in [-0.4, -0.2) is 51.4 Å². The number of primary amides is 1. The summed E-state index contributed by atoms with van der Waals surface area (Å²) in [6.07, 6.45) is 1.82. The molecule has 8 heteroatoms. The van der Waals surface area contributed by atoms with Crippen molar-refractivity contribution < 1.29 is 24.9 Å². The van der Waals surface area contributed by atoms with Crippen LogP contribution in [0.1, 0.15) is 23.1 Å². The first-order valence-electron chi connectivity index (χ1n) is 13.0. The van der Waals surface area contributed by atoms with Crippen LogP contribution >= 0.6 is 0 Å². The molecule has 2 amide bonds. The zero-order valence-electron chi connectivity index (χ0n) is 21.8. The van der Waals surface area contributed by atoms with Crippen LogP contribution in [0.25, 0.3) is 0 Å². The molecule has 8 N–H and O–H groups in total. The highest BCUT2D eigenvalue weighted by Crippen LogP contribution is 2.17. The fourth-order valence-electron chi connectivity index (χ4n) is 4.37. The minimum atomic E-state index is -1.24. The molecule has 3 aromatic rings. The minimum Gasteiger partial charge on any atom is -0.508 e. The van der Waals surface area contributed by atoms with Gasteiger partial charge in [-0.25, -0.2) is 0 Å². The predicted molar refractivity (Wildman–Crippen MR) is 150 cm³/mol. The average molecular weight is 532 g/mol. The lowest BCUT2D eigenvalue weighted by atomic mass is 9.91. The van der Waals surface area contributed by atoms with E-state index in [0.717, 1.165) is 16.7 Å². The maximum Gasteiger partial charge on any atom is 0.240 e. The first-order valence-corrected chi connectivity index (χ1v) is 13.0. The number of phenolic OH excluding ortho intramolecular Hbond substituents is 1. The van der Waals surface area contributed by atoms with Gasteiger partial charge in [-0.15, -0.1) is 0 Å². The van der Waals surface area contributed by atoms with E-state index in [-0.39, 0.29) is 31.1 Å². The molecule has 0 spiro atoms. The lowest BCUT2D eigenvalue weighted by molar-refractivity contribution is -0.131. The Hall–Kier alpha value is -3.98. The summed E-state index contributed by atoms with van der Waals surface area (Å²) in [7, 11) is 0. The molecule has 8 nitrogen and oxygen atoms in total. The molecule has 0 aromatic heterocycles. The Bertz CT molecular complexity index is 1200. The summed E-state index contributed by atoms with van der Waals surface area (Å²) in [4.78, 5) is 25.5. The molecule has 0 bridgehead atoms. The third kappa shape index (κ3) is 10.0. The Morgan fingerprint density at radius 1 is 0.769 bits per heavy atom. The minimum absolute atomic E-state index is 0.167. The third-order valence-electron chi connectivity index (χ3n) is 6.50. The van der Waals surface area contributed by atoms with Gasteiger partial charge in [0, 0.05) is 12.5 Å². The zero-order valence-corrected chi connectivity index (χ0v) is 21.8. The molecule has 3 rings (SSSR count). The van der Waals surface area contributed by atoms with E-state index in [0.29, 0.717) is 6.42 Å². The summed E-state index contributed by atoms with van der Waals surface area (Å²) in [6.45, 7) is 0. The predicted octanol–water partition coefficient (Wildman–Crippen LogP) is 2.00. The van der Waals surface area contributed by atoms with Crippen molar-refractivity contribution in [2.75, 3.05) is 0 Å². The molecule has 0 aliphatic heterocycles. The number of hydrogen-bond donors (Lipinski definition) is 6. The van der Waals surface area contributed by atoms with Crippen molar-refractivity contribution in [1.29, 1.82) is 0 Å². The van der Waals surface area contributed by atoms with E-state index < -0.39 is 36.0 Å². The molecule has 39 heavy (non-hydrogen) atoms. The van der Waals surface area contributed by atoms with Gasteiger partial charge < -0.3 is 32.1 Å². The van der Waals surface area contributed by atoms with Crippen molar-refractivity contribution in [2.45, 2.75) is 50.0 Å². The summed E-state index contributed by atoms with van der Waals surface area (Å²) < 4.78 is 0. The van der Waals surface area contributed by atoms with Crippen LogP contribution in [0, 0.1) is 5.92 Å². The highest BCUT2D eigenvalue weighted by Gasteiger charge is 2.29. The molecule has 0 saturated heterocycles. The van der Waals surface area contributed by atoms with Gasteiger partial charge in [0.05, 0.1) is 18.1 Å². The lowest BCUT2D eigenvalue weighted by Crippen LogP contribution is -2.50. The van der Waals surface area contributed by atoms with E-state index in [9.17, 15) is 24.9 Å². The summed E-state index contributed by atoms with van der Waals surface area (Å²) in [5.41, 5.74) is 14.4. The van der Waals surface area contributed by atoms with Crippen molar-refractivity contribution in [3.05, 3.63) is 114 Å². The zero-order chi connectivity index (χ0) is 28.2. The fraction of sp³-hybridized carbons (Fsp3) is 0.290. The number of nitrogens with two attached hydrogens (primary N) is 2. The number of aliphatic hydroxyl groups excluding tert-OH is 2. The molecule has 0 radical (unpaired) electrons. The number of carbonyl (C=O) groups is 2. The largest absolute Gasteiger partial charge is 0.508 e. The SMILES string of the molecule is NC(=O)[C@H](Cc1ccccc1)NC(=O)[C@@H](Cc1ccccc1)[C@H](O)C=C[C@H](O)C[C@@H](N)Cc1ccc(O)cc1. The van der Waals surface area contributed by atoms with E-state index in [1.807, 2.05) is 60.7 Å². The van der Waals surface area contributed by atoms with E-state index in [1.165, 1.54) is 12.2 Å².